The molecule has 1 aromatic heterocycles. The number of benzene rings is 2. The molecule has 0 aliphatic carbocycles. The zero-order valence-electron chi connectivity index (χ0n) is 21.2. The molecule has 0 fully saturated rings. The number of halogens is 1. The second-order valence-electron chi connectivity index (χ2n) is 8.27. The Morgan fingerprint density at radius 3 is 2.49 bits per heavy atom. The highest BCUT2D eigenvalue weighted by Gasteiger charge is 2.23. The minimum absolute atomic E-state index is 0.0683. The van der Waals surface area contributed by atoms with Crippen molar-refractivity contribution in [2.24, 2.45) is 0 Å². The van der Waals surface area contributed by atoms with Crippen LogP contribution in [0, 0.1) is 15.9 Å². The van der Waals surface area contributed by atoms with Crippen LogP contribution in [-0.4, -0.2) is 74.6 Å². The van der Waals surface area contributed by atoms with E-state index >= 15 is 0 Å². The minimum Gasteiger partial charge on any atom is -0.494 e. The lowest BCUT2D eigenvalue weighted by molar-refractivity contribution is -0.384. The predicted octanol–water partition coefficient (Wildman–Crippen LogP) is 3.61. The Hall–Kier alpha value is -4.52. The number of aromatic nitrogens is 2. The molecule has 0 atom stereocenters. The number of hydrogen-bond acceptors (Lipinski definition) is 10. The fraction of sp³-hybridized carbons (Fsp3) is 0.292. The Balaban J connectivity index is 1.98. The van der Waals surface area contributed by atoms with E-state index in [1.165, 1.54) is 48.5 Å². The summed E-state index contributed by atoms with van der Waals surface area (Å²) in [4.78, 5) is 36.9. The van der Waals surface area contributed by atoms with Crippen molar-refractivity contribution in [1.82, 2.24) is 14.9 Å². The van der Waals surface area contributed by atoms with Crippen LogP contribution in [-0.2, 0) is 4.79 Å². The number of amides is 1. The number of carbonyl (C=O) groups is 1. The van der Waals surface area contributed by atoms with Crippen molar-refractivity contribution < 1.29 is 18.8 Å². The molecule has 1 amide bonds. The van der Waals surface area contributed by atoms with E-state index in [4.69, 9.17) is 4.74 Å². The van der Waals surface area contributed by atoms with Gasteiger partial charge in [0.05, 0.1) is 29.1 Å². The summed E-state index contributed by atoms with van der Waals surface area (Å²) < 4.78 is 19.2. The Labute approximate surface area is 213 Å². The van der Waals surface area contributed by atoms with Gasteiger partial charge in [0.1, 0.15) is 23.1 Å². The van der Waals surface area contributed by atoms with Gasteiger partial charge in [-0.1, -0.05) is 0 Å². The van der Waals surface area contributed by atoms with Gasteiger partial charge in [-0.15, -0.1) is 0 Å². The van der Waals surface area contributed by atoms with E-state index in [2.05, 4.69) is 20.6 Å². The van der Waals surface area contributed by atoms with Crippen molar-refractivity contribution >= 4 is 46.6 Å². The van der Waals surface area contributed by atoms with Crippen LogP contribution in [0.25, 0.3) is 0 Å². The SMILES string of the molecule is CNc1cc(F)ccc1N(C=O)c1ccnc(Nc2cc([N+](=O)[O-])c(N(C)CCN(C)C)cc2OC)n1. The third-order valence-electron chi connectivity index (χ3n) is 5.51. The molecule has 37 heavy (non-hydrogen) atoms. The van der Waals surface area contributed by atoms with E-state index in [1.54, 1.807) is 25.1 Å². The summed E-state index contributed by atoms with van der Waals surface area (Å²) in [6, 6.07) is 8.37. The number of nitro groups is 1. The van der Waals surface area contributed by atoms with Crippen molar-refractivity contribution in [3.05, 3.63) is 58.5 Å². The average Bonchev–Trinajstić information content (AvgIpc) is 2.88. The quantitative estimate of drug-likeness (QED) is 0.211. The molecule has 0 aliphatic heterocycles. The first-order valence-corrected chi connectivity index (χ1v) is 11.2. The Bertz CT molecular complexity index is 1270. The van der Waals surface area contributed by atoms with E-state index in [0.717, 1.165) is 0 Å². The zero-order chi connectivity index (χ0) is 27.1. The van der Waals surface area contributed by atoms with Gasteiger partial charge in [0.2, 0.25) is 12.4 Å². The Morgan fingerprint density at radius 1 is 1.11 bits per heavy atom. The van der Waals surface area contributed by atoms with Crippen LogP contribution in [0.5, 0.6) is 5.75 Å². The molecule has 0 bridgehead atoms. The van der Waals surface area contributed by atoms with Gasteiger partial charge in [-0.25, -0.2) is 9.37 Å². The monoisotopic (exact) mass is 512 g/mol. The second kappa shape index (κ2) is 11.9. The maximum Gasteiger partial charge on any atom is 0.294 e. The smallest absolute Gasteiger partial charge is 0.294 e. The number of nitrogens with zero attached hydrogens (tertiary/aromatic N) is 6. The summed E-state index contributed by atoms with van der Waals surface area (Å²) in [5.74, 6) is 0.144. The fourth-order valence-electron chi connectivity index (χ4n) is 3.56. The zero-order valence-corrected chi connectivity index (χ0v) is 21.2. The van der Waals surface area contributed by atoms with Crippen molar-refractivity contribution in [3.63, 3.8) is 0 Å². The lowest BCUT2D eigenvalue weighted by Crippen LogP contribution is -2.29. The number of likely N-dealkylation sites (N-methyl/N-ethyl adjacent to an activating group) is 2. The molecule has 0 radical (unpaired) electrons. The molecule has 0 saturated carbocycles. The van der Waals surface area contributed by atoms with Gasteiger partial charge >= 0.3 is 0 Å². The molecule has 1 heterocycles. The highest BCUT2D eigenvalue weighted by atomic mass is 19.1. The maximum absolute atomic E-state index is 13.7. The van der Waals surface area contributed by atoms with Crippen molar-refractivity contribution in [3.8, 4) is 5.75 Å². The number of carbonyl (C=O) groups excluding carboxylic acids is 1. The molecule has 196 valence electrons. The summed E-state index contributed by atoms with van der Waals surface area (Å²) in [6.07, 6.45) is 1.97. The van der Waals surface area contributed by atoms with Gasteiger partial charge in [0.15, 0.2) is 0 Å². The van der Waals surface area contributed by atoms with Crippen molar-refractivity contribution in [2.75, 3.05) is 68.8 Å². The highest BCUT2D eigenvalue weighted by Crippen LogP contribution is 2.39. The molecule has 12 nitrogen and oxygen atoms in total. The molecule has 0 unspecified atom stereocenters. The Morgan fingerprint density at radius 2 is 1.86 bits per heavy atom. The molecule has 0 spiro atoms. The summed E-state index contributed by atoms with van der Waals surface area (Å²) in [7, 11) is 8.68. The standard InChI is InChI=1S/C24H29FN8O4/c1-26-17-12-16(25)6-7-19(17)32(15-34)23-8-9-27-24(29-23)28-18-13-21(33(35)36)20(14-22(18)37-5)31(4)11-10-30(2)3/h6-9,12-15,26H,10-11H2,1-5H3,(H,27,28,29). The molecule has 3 rings (SSSR count). The molecule has 3 aromatic rings. The van der Waals surface area contributed by atoms with Crippen LogP contribution in [0.3, 0.4) is 0 Å². The van der Waals surface area contributed by atoms with Gasteiger partial charge < -0.3 is 25.2 Å². The van der Waals surface area contributed by atoms with E-state index < -0.39 is 10.7 Å². The molecular weight excluding hydrogens is 483 g/mol. The number of anilines is 6. The van der Waals surface area contributed by atoms with Gasteiger partial charge in [0.25, 0.3) is 5.69 Å². The van der Waals surface area contributed by atoms with E-state index in [0.29, 0.717) is 42.3 Å². The molecule has 0 aliphatic rings. The number of nitrogens with one attached hydrogen (secondary N) is 2. The van der Waals surface area contributed by atoms with Gasteiger partial charge in [-0.05, 0) is 38.4 Å². The summed E-state index contributed by atoms with van der Waals surface area (Å²) >= 11 is 0. The van der Waals surface area contributed by atoms with Crippen molar-refractivity contribution in [1.29, 1.82) is 0 Å². The second-order valence-corrected chi connectivity index (χ2v) is 8.27. The van der Waals surface area contributed by atoms with Crippen LogP contribution >= 0.6 is 0 Å². The lowest BCUT2D eigenvalue weighted by Gasteiger charge is -2.23. The average molecular weight is 513 g/mol. The third kappa shape index (κ3) is 6.38. The summed E-state index contributed by atoms with van der Waals surface area (Å²) in [5, 5.41) is 17.7. The first kappa shape index (κ1) is 27.1. The number of nitro benzene ring substituents is 1. The first-order chi connectivity index (χ1) is 17.7. The van der Waals surface area contributed by atoms with E-state index in [9.17, 15) is 19.3 Å². The lowest BCUT2D eigenvalue weighted by atomic mass is 10.2. The number of hydrogen-bond donors (Lipinski definition) is 2. The highest BCUT2D eigenvalue weighted by molar-refractivity contribution is 5.91. The minimum atomic E-state index is -0.467. The summed E-state index contributed by atoms with van der Waals surface area (Å²) in [5.41, 5.74) is 1.30. The maximum atomic E-state index is 13.7. The van der Waals surface area contributed by atoms with E-state index in [-0.39, 0.29) is 23.1 Å². The number of methoxy groups -OCH3 is 1. The largest absolute Gasteiger partial charge is 0.494 e. The fourth-order valence-corrected chi connectivity index (χ4v) is 3.56. The van der Waals surface area contributed by atoms with Crippen LogP contribution in [0.1, 0.15) is 0 Å². The normalized spacial score (nSPS) is 10.7. The van der Waals surface area contributed by atoms with Crippen LogP contribution in [0.15, 0.2) is 42.6 Å². The molecular formula is C24H29FN8O4. The van der Waals surface area contributed by atoms with Gasteiger partial charge in [-0.3, -0.25) is 19.8 Å². The molecule has 2 N–H and O–H groups in total. The molecule has 13 heteroatoms. The topological polar surface area (TPSA) is 129 Å². The molecule has 2 aromatic carbocycles. The molecule has 0 saturated heterocycles. The van der Waals surface area contributed by atoms with Crippen LogP contribution < -0.4 is 25.2 Å². The number of ether oxygens (including phenoxy) is 1. The Kier molecular flexibility index (Phi) is 8.74. The summed E-state index contributed by atoms with van der Waals surface area (Å²) in [6.45, 7) is 1.27. The van der Waals surface area contributed by atoms with Crippen LogP contribution in [0.4, 0.5) is 44.6 Å². The van der Waals surface area contributed by atoms with E-state index in [1.807, 2.05) is 19.0 Å². The van der Waals surface area contributed by atoms with Crippen molar-refractivity contribution in [2.45, 2.75) is 0 Å². The van der Waals surface area contributed by atoms with Gasteiger partial charge in [-0.2, -0.15) is 4.98 Å². The van der Waals surface area contributed by atoms with Gasteiger partial charge in [0, 0.05) is 45.5 Å². The first-order valence-electron chi connectivity index (χ1n) is 11.2. The predicted molar refractivity (Wildman–Crippen MR) is 141 cm³/mol. The van der Waals surface area contributed by atoms with Crippen LogP contribution in [0.2, 0.25) is 0 Å². The third-order valence-corrected chi connectivity index (χ3v) is 5.51. The number of rotatable bonds is 12.